The number of methoxy groups -OCH3 is 2. The Bertz CT molecular complexity index is 1410. The molecule has 0 saturated carbocycles. The van der Waals surface area contributed by atoms with E-state index >= 15 is 0 Å². The van der Waals surface area contributed by atoms with Gasteiger partial charge in [0.1, 0.15) is 5.65 Å². The predicted octanol–water partition coefficient (Wildman–Crippen LogP) is 1.40. The number of sulfone groups is 1. The molecule has 0 aromatic carbocycles. The molecule has 0 bridgehead atoms. The minimum absolute atomic E-state index is 0.0616. The van der Waals surface area contributed by atoms with Crippen molar-refractivity contribution in [3.63, 3.8) is 0 Å². The first-order valence-corrected chi connectivity index (χ1v) is 13.2. The zero-order valence-electron chi connectivity index (χ0n) is 18.9. The van der Waals surface area contributed by atoms with Crippen LogP contribution in [0, 0.1) is 0 Å². The van der Waals surface area contributed by atoms with Crippen LogP contribution in [-0.4, -0.2) is 62.2 Å². The molecule has 3 aromatic heterocycles. The number of hydrogen-bond acceptors (Lipinski definition) is 10. The molecule has 15 heteroatoms. The summed E-state index contributed by atoms with van der Waals surface area (Å²) in [7, 11) is -6.09. The van der Waals surface area contributed by atoms with Gasteiger partial charge in [-0.2, -0.15) is 18.4 Å². The number of ether oxygens (including phenoxy) is 2. The molecule has 0 atom stereocenters. The molecular weight excluding hydrogens is 488 g/mol. The van der Waals surface area contributed by atoms with Crippen LogP contribution in [0.25, 0.3) is 5.65 Å². The summed E-state index contributed by atoms with van der Waals surface area (Å²) in [5, 5.41) is 0.856. The van der Waals surface area contributed by atoms with E-state index in [2.05, 4.69) is 20.3 Å². The second-order valence-electron chi connectivity index (χ2n) is 6.98. The summed E-state index contributed by atoms with van der Waals surface area (Å²) in [4.78, 5) is 24.3. The van der Waals surface area contributed by atoms with Gasteiger partial charge >= 0.3 is 6.03 Å². The molecule has 0 fully saturated rings. The average Bonchev–Trinajstić information content (AvgIpc) is 3.19. The highest BCUT2D eigenvalue weighted by Crippen LogP contribution is 2.25. The van der Waals surface area contributed by atoms with Gasteiger partial charge in [-0.3, -0.25) is 9.72 Å². The lowest BCUT2D eigenvalue weighted by Gasteiger charge is -2.11. The van der Waals surface area contributed by atoms with E-state index in [0.717, 1.165) is 16.4 Å². The Kier molecular flexibility index (Phi) is 7.26. The molecule has 0 spiro atoms. The number of urea groups is 1. The van der Waals surface area contributed by atoms with Gasteiger partial charge in [0.15, 0.2) is 19.9 Å². The SMILES string of the molecule is CCCc1ccc2nc(S(=O)(=O)CC)c(S(=O)(=O)NC(=O)Nc3nc(OC)cc(OC)n3)n2c1. The number of carbonyl (C=O) groups is 1. The second-order valence-corrected chi connectivity index (χ2v) is 10.8. The maximum Gasteiger partial charge on any atom is 0.335 e. The number of nitrogens with zero attached hydrogens (tertiary/aromatic N) is 4. The number of amides is 2. The molecule has 2 N–H and O–H groups in total. The number of aryl methyl sites for hydroxylation is 1. The number of aromatic nitrogens is 4. The van der Waals surface area contributed by atoms with E-state index in [1.54, 1.807) is 10.8 Å². The molecule has 3 aromatic rings. The highest BCUT2D eigenvalue weighted by atomic mass is 32.2. The van der Waals surface area contributed by atoms with Crippen LogP contribution >= 0.6 is 0 Å². The number of carbonyl (C=O) groups excluding carboxylic acids is 1. The molecule has 0 saturated heterocycles. The van der Waals surface area contributed by atoms with Crippen molar-refractivity contribution >= 4 is 37.5 Å². The van der Waals surface area contributed by atoms with Gasteiger partial charge in [0.05, 0.1) is 26.0 Å². The fraction of sp³-hybridized carbons (Fsp3) is 0.368. The Morgan fingerprint density at radius 1 is 1.03 bits per heavy atom. The van der Waals surface area contributed by atoms with Crippen LogP contribution in [0.3, 0.4) is 0 Å². The first-order valence-electron chi connectivity index (χ1n) is 10.1. The van der Waals surface area contributed by atoms with Crippen molar-refractivity contribution in [2.24, 2.45) is 0 Å². The first-order chi connectivity index (χ1) is 16.0. The van der Waals surface area contributed by atoms with Gasteiger partial charge in [0.2, 0.25) is 17.7 Å². The van der Waals surface area contributed by atoms with E-state index in [4.69, 9.17) is 9.47 Å². The third kappa shape index (κ3) is 5.20. The Balaban J connectivity index is 2.04. The van der Waals surface area contributed by atoms with Crippen molar-refractivity contribution in [3.05, 3.63) is 30.0 Å². The number of rotatable bonds is 9. The number of imidazole rings is 1. The molecule has 184 valence electrons. The van der Waals surface area contributed by atoms with E-state index in [1.807, 2.05) is 6.92 Å². The van der Waals surface area contributed by atoms with Crippen LogP contribution in [0.15, 0.2) is 34.4 Å². The summed E-state index contributed by atoms with van der Waals surface area (Å²) >= 11 is 0. The Hall–Kier alpha value is -3.46. The van der Waals surface area contributed by atoms with Crippen LogP contribution in [0.4, 0.5) is 10.7 Å². The van der Waals surface area contributed by atoms with E-state index in [1.165, 1.54) is 39.5 Å². The van der Waals surface area contributed by atoms with E-state index in [9.17, 15) is 21.6 Å². The zero-order valence-corrected chi connectivity index (χ0v) is 20.5. The number of anilines is 1. The largest absolute Gasteiger partial charge is 0.481 e. The van der Waals surface area contributed by atoms with Crippen molar-refractivity contribution in [1.29, 1.82) is 0 Å². The van der Waals surface area contributed by atoms with Crippen molar-refractivity contribution in [2.75, 3.05) is 25.3 Å². The molecule has 0 aliphatic rings. The molecular formula is C19H24N6O7S2. The number of nitrogens with one attached hydrogen (secondary N) is 2. The monoisotopic (exact) mass is 512 g/mol. The van der Waals surface area contributed by atoms with Gasteiger partial charge < -0.3 is 9.47 Å². The fourth-order valence-electron chi connectivity index (χ4n) is 3.03. The minimum atomic E-state index is -4.71. The number of sulfonamides is 1. The highest BCUT2D eigenvalue weighted by molar-refractivity contribution is 7.93. The molecule has 0 radical (unpaired) electrons. The smallest absolute Gasteiger partial charge is 0.335 e. The summed E-state index contributed by atoms with van der Waals surface area (Å²) < 4.78 is 64.7. The number of pyridine rings is 1. The topological polar surface area (TPSA) is 171 Å². The van der Waals surface area contributed by atoms with Gasteiger partial charge in [-0.1, -0.05) is 26.3 Å². The quantitative estimate of drug-likeness (QED) is 0.427. The van der Waals surface area contributed by atoms with E-state index in [-0.39, 0.29) is 29.1 Å². The molecule has 0 aliphatic heterocycles. The summed E-state index contributed by atoms with van der Waals surface area (Å²) in [5.74, 6) is -0.558. The van der Waals surface area contributed by atoms with Gasteiger partial charge in [-0.05, 0) is 18.1 Å². The van der Waals surface area contributed by atoms with Gasteiger partial charge in [0, 0.05) is 6.20 Å². The van der Waals surface area contributed by atoms with Crippen LogP contribution < -0.4 is 19.5 Å². The maximum absolute atomic E-state index is 13.2. The van der Waals surface area contributed by atoms with Gasteiger partial charge in [-0.15, -0.1) is 0 Å². The Labute approximate surface area is 196 Å². The molecule has 3 rings (SSSR count). The van der Waals surface area contributed by atoms with E-state index < -0.39 is 35.9 Å². The number of fused-ring (bicyclic) bond motifs is 1. The molecule has 0 aliphatic carbocycles. The normalized spacial score (nSPS) is 11.9. The summed E-state index contributed by atoms with van der Waals surface area (Å²) in [6.07, 6.45) is 2.91. The van der Waals surface area contributed by atoms with E-state index in [0.29, 0.717) is 6.42 Å². The van der Waals surface area contributed by atoms with Crippen LogP contribution in [0.2, 0.25) is 0 Å². The Morgan fingerprint density at radius 2 is 1.68 bits per heavy atom. The zero-order chi connectivity index (χ0) is 25.1. The van der Waals surface area contributed by atoms with Crippen molar-refractivity contribution in [3.8, 4) is 11.8 Å². The highest BCUT2D eigenvalue weighted by Gasteiger charge is 2.33. The molecule has 2 amide bonds. The van der Waals surface area contributed by atoms with Crippen molar-refractivity contribution in [2.45, 2.75) is 36.7 Å². The molecule has 34 heavy (non-hydrogen) atoms. The summed E-state index contributed by atoms with van der Waals surface area (Å²) in [6, 6.07) is 3.39. The molecule has 13 nitrogen and oxygen atoms in total. The fourth-order valence-corrected chi connectivity index (χ4v) is 5.69. The summed E-state index contributed by atoms with van der Waals surface area (Å²) in [6.45, 7) is 3.32. The third-order valence-electron chi connectivity index (χ3n) is 4.62. The maximum atomic E-state index is 13.2. The second kappa shape index (κ2) is 9.80. The summed E-state index contributed by atoms with van der Waals surface area (Å²) in [5.41, 5.74) is 0.874. The lowest BCUT2D eigenvalue weighted by molar-refractivity contribution is 0.256. The van der Waals surface area contributed by atoms with Crippen LogP contribution in [0.5, 0.6) is 11.8 Å². The van der Waals surface area contributed by atoms with Crippen LogP contribution in [0.1, 0.15) is 25.8 Å². The lowest BCUT2D eigenvalue weighted by atomic mass is 10.2. The van der Waals surface area contributed by atoms with Crippen molar-refractivity contribution < 1.29 is 31.1 Å². The van der Waals surface area contributed by atoms with Crippen molar-refractivity contribution in [1.82, 2.24) is 24.1 Å². The average molecular weight is 513 g/mol. The molecule has 3 heterocycles. The standard InChI is InChI=1S/C19H24N6O7S2/c1-5-7-12-8-9-13-20-16(33(27,28)6-2)17(25(13)11-12)34(29,30)24-19(26)23-18-21-14(31-3)10-15(22-18)32-4/h8-11H,5-7H2,1-4H3,(H2,21,22,23,24,26). The lowest BCUT2D eigenvalue weighted by Crippen LogP contribution is -2.36. The van der Waals surface area contributed by atoms with Gasteiger partial charge in [0.25, 0.3) is 10.0 Å². The Morgan fingerprint density at radius 3 is 2.24 bits per heavy atom. The number of hydrogen-bond donors (Lipinski definition) is 2. The molecule has 0 unspecified atom stereocenters. The minimum Gasteiger partial charge on any atom is -0.481 e. The third-order valence-corrected chi connectivity index (χ3v) is 7.74. The first kappa shape index (κ1) is 25.2. The predicted molar refractivity (Wildman–Crippen MR) is 121 cm³/mol. The van der Waals surface area contributed by atoms with Crippen LogP contribution in [-0.2, 0) is 26.3 Å². The van der Waals surface area contributed by atoms with Gasteiger partial charge in [-0.25, -0.2) is 22.9 Å².